The van der Waals surface area contributed by atoms with Crippen LogP contribution in [-0.4, -0.2) is 15.7 Å². The first-order chi connectivity index (χ1) is 2.83. The van der Waals surface area contributed by atoms with Gasteiger partial charge in [-0.25, -0.2) is 0 Å². The molecule has 32 valence electrons. The standard InChI is InChI=1S/2CH3BN.Na/c2*2-1-3;/h2*2H3;/q2*-1;+1. The van der Waals surface area contributed by atoms with Crippen molar-refractivity contribution in [3.05, 3.63) is 0 Å². The zero-order chi connectivity index (χ0) is 5.41. The van der Waals surface area contributed by atoms with E-state index in [-0.39, 0.29) is 45.2 Å². The maximum absolute atomic E-state index is 7.43. The molecule has 0 radical (unpaired) electrons. The summed E-state index contributed by atoms with van der Waals surface area (Å²) in [5.74, 6) is 4.00. The van der Waals surface area contributed by atoms with Crippen LogP contribution in [0.25, 0.3) is 0 Å². The van der Waals surface area contributed by atoms with E-state index in [1.807, 2.05) is 11.9 Å². The molecule has 0 aromatic rings. The van der Waals surface area contributed by atoms with E-state index in [1.54, 1.807) is 0 Å². The minimum atomic E-state index is 0. The van der Waals surface area contributed by atoms with Crippen LogP contribution in [0.5, 0.6) is 0 Å². The van der Waals surface area contributed by atoms with Crippen molar-refractivity contribution in [1.82, 2.24) is 0 Å². The van der Waals surface area contributed by atoms with Crippen LogP contribution in [0.4, 0.5) is 0 Å². The minimum Gasteiger partial charge on any atom is -0.251 e. The second-order valence-corrected chi connectivity index (χ2v) is 0. The Hall–Kier alpha value is 0.110. The molecule has 0 bridgehead atoms. The van der Waals surface area contributed by atoms with E-state index in [0.717, 1.165) is 0 Å². The molecule has 0 saturated heterocycles. The van der Waals surface area contributed by atoms with Crippen molar-refractivity contribution < 1.29 is 29.6 Å². The van der Waals surface area contributed by atoms with Gasteiger partial charge in [-0.05, 0) is 0 Å². The zero-order valence-electron chi connectivity index (χ0n) is 2.89. The van der Waals surface area contributed by atoms with Gasteiger partial charge < -0.3 is 0 Å². The van der Waals surface area contributed by atoms with Gasteiger partial charge in [0.1, 0.15) is 0 Å². The van der Waals surface area contributed by atoms with Crippen LogP contribution in [0.15, 0.2) is 0 Å². The van der Waals surface area contributed by atoms with Crippen molar-refractivity contribution in [2.24, 2.45) is 0 Å². The molecule has 0 aliphatic carbocycles. The third-order valence-corrected chi connectivity index (χ3v) is 0. The summed E-state index contributed by atoms with van der Waals surface area (Å²) in [5, 5.41) is 14.9. The third kappa shape index (κ3) is 8550. The van der Waals surface area contributed by atoms with Crippen molar-refractivity contribution in [3.63, 3.8) is 0 Å². The van der Waals surface area contributed by atoms with Crippen molar-refractivity contribution >= 4 is 15.7 Å². The largest absolute Gasteiger partial charge is 1.00 e. The summed E-state index contributed by atoms with van der Waals surface area (Å²) in [7, 11) is 0.139. The molecule has 0 aliphatic heterocycles. The summed E-state index contributed by atoms with van der Waals surface area (Å²) < 4.78 is 0. The Labute approximate surface area is 67.6 Å². The van der Waals surface area contributed by atoms with Crippen molar-refractivity contribution in [2.45, 2.75) is 0 Å². The van der Waals surface area contributed by atoms with Crippen molar-refractivity contribution in [2.75, 3.05) is 0 Å². The molecule has 0 fully saturated rings. The molecular weight excluding hydrogens is 96.6 g/mol. The molecule has 0 rings (SSSR count). The molecular formula is C2H6B2N2Na-. The number of hydrogen-bond acceptors (Lipinski definition) is 2. The van der Waals surface area contributed by atoms with Crippen LogP contribution in [0.1, 0.15) is 0 Å². The quantitative estimate of drug-likeness (QED) is 0.287. The maximum Gasteiger partial charge on any atom is 1.00 e. The van der Waals surface area contributed by atoms with E-state index >= 15 is 0 Å². The molecule has 0 heterocycles. The molecule has 0 aromatic carbocycles. The monoisotopic (exact) mass is 103 g/mol. The average Bonchev–Trinajstić information content (AvgIpc) is 1.39. The van der Waals surface area contributed by atoms with Gasteiger partial charge in [-0.15, -0.1) is 0 Å². The Bertz CT molecular complexity index is 68.7. The second kappa shape index (κ2) is 35.8. The molecule has 0 saturated carbocycles. The Morgan fingerprint density at radius 1 is 1.00 bits per heavy atom. The normalized spacial score (nSPS) is 2.29. The molecule has 7 heavy (non-hydrogen) atoms. The molecule has 0 aliphatic rings. The zero-order valence-corrected chi connectivity index (χ0v) is 4.89. The molecule has 0 aromatic heterocycles. The molecule has 0 atom stereocenters. The molecule has 0 spiro atoms. The summed E-state index contributed by atoms with van der Waals surface area (Å²) >= 11 is 0. The Morgan fingerprint density at radius 3 is 1.00 bits per heavy atom. The number of nitriles is 2. The molecule has 0 amide bonds. The average molecular weight is 103 g/mol. The van der Waals surface area contributed by atoms with Crippen molar-refractivity contribution in [3.8, 4) is 11.9 Å². The second-order valence-electron chi connectivity index (χ2n) is 0. The fourth-order valence-electron chi connectivity index (χ4n) is 0. The number of hydrogen-bond donors (Lipinski definition) is 0. The van der Waals surface area contributed by atoms with Crippen LogP contribution < -0.4 is 29.6 Å². The van der Waals surface area contributed by atoms with E-state index in [1.165, 1.54) is 0 Å². The molecule has 2 nitrogen and oxygen atoms in total. The predicted octanol–water partition coefficient (Wildman–Crippen LogP) is -5.33. The van der Waals surface area contributed by atoms with Gasteiger partial charge in [0.25, 0.3) is 0 Å². The number of rotatable bonds is 0. The van der Waals surface area contributed by atoms with E-state index in [9.17, 15) is 0 Å². The first-order valence-electron chi connectivity index (χ1n) is 0.447. The van der Waals surface area contributed by atoms with E-state index in [0.29, 0.717) is 0 Å². The van der Waals surface area contributed by atoms with E-state index in [4.69, 9.17) is 10.5 Å². The van der Waals surface area contributed by atoms with Crippen LogP contribution >= 0.6 is 0 Å². The summed E-state index contributed by atoms with van der Waals surface area (Å²) in [6.07, 6.45) is 0. The minimum absolute atomic E-state index is 0. The fraction of sp³-hybridized carbons (Fsp3) is 0. The van der Waals surface area contributed by atoms with Crippen molar-refractivity contribution in [1.29, 1.82) is 10.5 Å². The van der Waals surface area contributed by atoms with Crippen LogP contribution in [-0.2, 0) is 0 Å². The van der Waals surface area contributed by atoms with Gasteiger partial charge in [0.05, 0.1) is 15.7 Å². The van der Waals surface area contributed by atoms with E-state index in [2.05, 4.69) is 0 Å². The van der Waals surface area contributed by atoms with Gasteiger partial charge in [0.2, 0.25) is 0 Å². The maximum atomic E-state index is 7.43. The summed E-state index contributed by atoms with van der Waals surface area (Å²) in [6, 6.07) is 0. The number of nitrogens with zero attached hydrogens (tertiary/aromatic N) is 2. The Kier molecular flexibility index (Phi) is 80.4. The smallest absolute Gasteiger partial charge is 0.251 e. The molecule has 5 heteroatoms. The van der Waals surface area contributed by atoms with Gasteiger partial charge in [0, 0.05) is 0 Å². The first kappa shape index (κ1) is 15.7. The summed E-state index contributed by atoms with van der Waals surface area (Å²) in [5.41, 5.74) is 0. The molecule has 0 N–H and O–H groups in total. The van der Waals surface area contributed by atoms with E-state index < -0.39 is 0 Å². The SMILES string of the molecule is [BH3-]C#N.[BH3-]C#N.[Na+]. The van der Waals surface area contributed by atoms with Gasteiger partial charge in [-0.3, -0.25) is 10.5 Å². The van der Waals surface area contributed by atoms with Gasteiger partial charge in [-0.2, -0.15) is 11.9 Å². The van der Waals surface area contributed by atoms with Crippen LogP contribution in [0.3, 0.4) is 0 Å². The summed E-state index contributed by atoms with van der Waals surface area (Å²) in [4.78, 5) is 0. The van der Waals surface area contributed by atoms with Crippen LogP contribution in [0.2, 0.25) is 0 Å². The molecule has 0 unspecified atom stereocenters. The van der Waals surface area contributed by atoms with Crippen LogP contribution in [0, 0.1) is 22.5 Å². The fourth-order valence-corrected chi connectivity index (χ4v) is 0. The topological polar surface area (TPSA) is 47.6 Å². The Morgan fingerprint density at radius 2 is 1.00 bits per heavy atom. The summed E-state index contributed by atoms with van der Waals surface area (Å²) in [6.45, 7) is 0. The Balaban J connectivity index is -0.0000000400. The van der Waals surface area contributed by atoms with Gasteiger partial charge in [-0.1, -0.05) is 0 Å². The first-order valence-corrected chi connectivity index (χ1v) is 0.447. The third-order valence-electron chi connectivity index (χ3n) is 0. The van der Waals surface area contributed by atoms with Gasteiger partial charge in [0.15, 0.2) is 0 Å². The predicted molar refractivity (Wildman–Crippen MR) is 31.1 cm³/mol. The van der Waals surface area contributed by atoms with Gasteiger partial charge >= 0.3 is 29.6 Å².